The van der Waals surface area contributed by atoms with Crippen LogP contribution in [0.3, 0.4) is 0 Å². The zero-order valence-electron chi connectivity index (χ0n) is 19.5. The average Bonchev–Trinajstić information content (AvgIpc) is 3.51. The first-order chi connectivity index (χ1) is 16.2. The lowest BCUT2D eigenvalue weighted by Crippen LogP contribution is -2.38. The summed E-state index contributed by atoms with van der Waals surface area (Å²) >= 11 is 0. The molecular formula is C23H27N7O4. The van der Waals surface area contributed by atoms with Gasteiger partial charge in [-0.1, -0.05) is 26.0 Å². The second kappa shape index (κ2) is 7.94. The second-order valence-corrected chi connectivity index (χ2v) is 9.16. The van der Waals surface area contributed by atoms with Gasteiger partial charge in [0.05, 0.1) is 29.5 Å². The first-order valence-electron chi connectivity index (χ1n) is 11.2. The van der Waals surface area contributed by atoms with Crippen LogP contribution < -0.4 is 11.2 Å². The number of aliphatic hydroxyl groups excluding tert-OH is 1. The van der Waals surface area contributed by atoms with Gasteiger partial charge < -0.3 is 19.1 Å². The van der Waals surface area contributed by atoms with E-state index in [-0.39, 0.29) is 37.0 Å². The lowest BCUT2D eigenvalue weighted by molar-refractivity contribution is -0.131. The van der Waals surface area contributed by atoms with Gasteiger partial charge in [-0.25, -0.2) is 14.8 Å². The summed E-state index contributed by atoms with van der Waals surface area (Å²) in [5, 5.41) is 10.8. The molecule has 4 aromatic rings. The molecule has 1 N–H and O–H groups in total. The van der Waals surface area contributed by atoms with Crippen molar-refractivity contribution in [2.75, 3.05) is 13.1 Å². The number of amides is 1. The van der Waals surface area contributed by atoms with Crippen molar-refractivity contribution in [3.8, 4) is 0 Å². The smallest absolute Gasteiger partial charge is 0.332 e. The number of benzene rings is 1. The minimum Gasteiger partial charge on any atom is -0.389 e. The van der Waals surface area contributed by atoms with Gasteiger partial charge in [0.25, 0.3) is 5.56 Å². The standard InChI is InChI=1S/C23H27N7O4/c1-13(2)20-25-14-7-5-6-8-15(14)29(20)11-18(32)28-9-16(17(31)10-28)30-12-24-19-21(30)26(3)23(34)27(4)22(19)33/h5-8,12-13,16-17,31H,9-11H2,1-4H3/t16-,17-/m0/s1. The quantitative estimate of drug-likeness (QED) is 0.464. The minimum atomic E-state index is -0.871. The fourth-order valence-electron chi connectivity index (χ4n) is 4.82. The molecule has 1 aliphatic heterocycles. The number of aryl methyl sites for hydroxylation is 1. The number of aliphatic hydroxyl groups is 1. The maximum absolute atomic E-state index is 13.3. The third-order valence-corrected chi connectivity index (χ3v) is 6.63. The van der Waals surface area contributed by atoms with Crippen LogP contribution in [0.4, 0.5) is 0 Å². The summed E-state index contributed by atoms with van der Waals surface area (Å²) in [4.78, 5) is 48.8. The summed E-state index contributed by atoms with van der Waals surface area (Å²) in [6, 6.07) is 7.18. The Balaban J connectivity index is 1.46. The van der Waals surface area contributed by atoms with Gasteiger partial charge in [0.15, 0.2) is 5.52 Å². The number of para-hydroxylation sites is 2. The number of rotatable bonds is 4. The molecular weight excluding hydrogens is 438 g/mol. The molecule has 2 atom stereocenters. The van der Waals surface area contributed by atoms with E-state index in [2.05, 4.69) is 4.98 Å². The Kier molecular flexibility index (Phi) is 5.16. The van der Waals surface area contributed by atoms with Crippen LogP contribution in [0, 0.1) is 0 Å². The van der Waals surface area contributed by atoms with E-state index in [1.54, 1.807) is 16.5 Å². The van der Waals surface area contributed by atoms with Crippen LogP contribution in [0.1, 0.15) is 31.6 Å². The monoisotopic (exact) mass is 465 g/mol. The van der Waals surface area contributed by atoms with Crippen LogP contribution >= 0.6 is 0 Å². The van der Waals surface area contributed by atoms with E-state index in [1.165, 1.54) is 17.9 Å². The number of fused-ring (bicyclic) bond motifs is 2. The molecule has 0 aliphatic carbocycles. The Bertz CT molecular complexity index is 1540. The fraction of sp³-hybridized carbons (Fsp3) is 0.435. The van der Waals surface area contributed by atoms with Crippen molar-refractivity contribution >= 4 is 28.1 Å². The van der Waals surface area contributed by atoms with Crippen LogP contribution in [-0.4, -0.2) is 63.3 Å². The molecule has 0 bridgehead atoms. The van der Waals surface area contributed by atoms with Crippen LogP contribution in [0.2, 0.25) is 0 Å². The number of hydrogen-bond donors (Lipinski definition) is 1. The highest BCUT2D eigenvalue weighted by Crippen LogP contribution is 2.27. The fourth-order valence-corrected chi connectivity index (χ4v) is 4.82. The summed E-state index contributed by atoms with van der Waals surface area (Å²) < 4.78 is 5.90. The molecule has 11 nitrogen and oxygen atoms in total. The first-order valence-corrected chi connectivity index (χ1v) is 11.2. The molecule has 1 aromatic carbocycles. The van der Waals surface area contributed by atoms with E-state index in [9.17, 15) is 19.5 Å². The van der Waals surface area contributed by atoms with Crippen molar-refractivity contribution in [3.05, 3.63) is 57.3 Å². The van der Waals surface area contributed by atoms with Crippen molar-refractivity contribution in [1.29, 1.82) is 0 Å². The zero-order valence-corrected chi connectivity index (χ0v) is 19.5. The number of aromatic nitrogens is 6. The average molecular weight is 466 g/mol. The van der Waals surface area contributed by atoms with Gasteiger partial charge in [-0.15, -0.1) is 0 Å². The molecule has 178 valence electrons. The molecule has 3 aromatic heterocycles. The zero-order chi connectivity index (χ0) is 24.3. The van der Waals surface area contributed by atoms with E-state index in [4.69, 9.17) is 4.98 Å². The Morgan fingerprint density at radius 1 is 1.15 bits per heavy atom. The number of carbonyl (C=O) groups excluding carboxylic acids is 1. The lowest BCUT2D eigenvalue weighted by atomic mass is 10.2. The highest BCUT2D eigenvalue weighted by atomic mass is 16.3. The van der Waals surface area contributed by atoms with Crippen LogP contribution in [0.15, 0.2) is 40.2 Å². The van der Waals surface area contributed by atoms with Gasteiger partial charge in [-0.05, 0) is 12.1 Å². The summed E-state index contributed by atoms with van der Waals surface area (Å²) in [7, 11) is 2.96. The Hall–Kier alpha value is -3.73. The molecule has 0 spiro atoms. The number of hydrogen-bond acceptors (Lipinski definition) is 6. The lowest BCUT2D eigenvalue weighted by Gasteiger charge is -2.19. The molecule has 34 heavy (non-hydrogen) atoms. The van der Waals surface area contributed by atoms with Gasteiger partial charge in [0.2, 0.25) is 5.91 Å². The molecule has 0 unspecified atom stereocenters. The van der Waals surface area contributed by atoms with Gasteiger partial charge in [0.1, 0.15) is 18.0 Å². The molecule has 4 heterocycles. The maximum Gasteiger partial charge on any atom is 0.332 e. The summed E-state index contributed by atoms with van der Waals surface area (Å²) in [5.74, 6) is 0.830. The van der Waals surface area contributed by atoms with Crippen molar-refractivity contribution in [2.45, 2.75) is 38.5 Å². The third kappa shape index (κ3) is 3.26. The van der Waals surface area contributed by atoms with Gasteiger partial charge >= 0.3 is 5.69 Å². The van der Waals surface area contributed by atoms with Crippen LogP contribution in [-0.2, 0) is 25.4 Å². The topological polar surface area (TPSA) is 120 Å². The van der Waals surface area contributed by atoms with E-state index in [1.807, 2.05) is 42.7 Å². The van der Waals surface area contributed by atoms with Crippen molar-refractivity contribution < 1.29 is 9.90 Å². The Labute approximate surface area is 194 Å². The van der Waals surface area contributed by atoms with E-state index >= 15 is 0 Å². The number of imidazole rings is 2. The van der Waals surface area contributed by atoms with Crippen molar-refractivity contribution in [2.24, 2.45) is 14.1 Å². The molecule has 5 rings (SSSR count). The van der Waals surface area contributed by atoms with Crippen molar-refractivity contribution in [3.63, 3.8) is 0 Å². The molecule has 1 aliphatic rings. The number of likely N-dealkylation sites (tertiary alicyclic amines) is 1. The summed E-state index contributed by atoms with van der Waals surface area (Å²) in [5.41, 5.74) is 1.23. The minimum absolute atomic E-state index is 0.108. The summed E-state index contributed by atoms with van der Waals surface area (Å²) in [6.07, 6.45) is 0.581. The largest absolute Gasteiger partial charge is 0.389 e. The first kappa shape index (κ1) is 22.1. The molecule has 1 fully saturated rings. The molecule has 1 amide bonds. The SMILES string of the molecule is CC(C)c1nc2ccccc2n1CC(=O)N1C[C@H](O)[C@@H](n2cnc3c(=O)n(C)c(=O)n(C)c32)C1. The number of carbonyl (C=O) groups is 1. The normalized spacial score (nSPS) is 18.6. The maximum atomic E-state index is 13.3. The molecule has 11 heteroatoms. The van der Waals surface area contributed by atoms with Crippen LogP contribution in [0.5, 0.6) is 0 Å². The van der Waals surface area contributed by atoms with Crippen molar-refractivity contribution in [1.82, 2.24) is 33.1 Å². The molecule has 0 saturated carbocycles. The third-order valence-electron chi connectivity index (χ3n) is 6.63. The van der Waals surface area contributed by atoms with E-state index < -0.39 is 23.4 Å². The van der Waals surface area contributed by atoms with E-state index in [0.717, 1.165) is 21.4 Å². The Morgan fingerprint density at radius 3 is 2.62 bits per heavy atom. The predicted octanol–water partition coefficient (Wildman–Crippen LogP) is 0.351. The highest BCUT2D eigenvalue weighted by Gasteiger charge is 2.37. The van der Waals surface area contributed by atoms with E-state index in [0.29, 0.717) is 5.65 Å². The van der Waals surface area contributed by atoms with Gasteiger partial charge in [-0.3, -0.25) is 18.7 Å². The van der Waals surface area contributed by atoms with Gasteiger partial charge in [-0.2, -0.15) is 0 Å². The van der Waals surface area contributed by atoms with Gasteiger partial charge in [0, 0.05) is 33.1 Å². The predicted molar refractivity (Wildman–Crippen MR) is 126 cm³/mol. The molecule has 0 radical (unpaired) electrons. The van der Waals surface area contributed by atoms with Crippen LogP contribution in [0.25, 0.3) is 22.2 Å². The Morgan fingerprint density at radius 2 is 1.88 bits per heavy atom. The number of nitrogens with zero attached hydrogens (tertiary/aromatic N) is 7. The summed E-state index contributed by atoms with van der Waals surface area (Å²) in [6.45, 7) is 4.56. The number of β-amino-alcohol motifs (C(OH)–C–C–N with tert-alkyl or cyclic N) is 1. The molecule has 1 saturated heterocycles. The highest BCUT2D eigenvalue weighted by molar-refractivity contribution is 5.81. The second-order valence-electron chi connectivity index (χ2n) is 9.16.